The number of anilines is 1. The summed E-state index contributed by atoms with van der Waals surface area (Å²) in [5.74, 6) is 0.00661. The highest BCUT2D eigenvalue weighted by Crippen LogP contribution is 2.20. The minimum Gasteiger partial charge on any atom is -0.459 e. The molecule has 1 N–H and O–H groups in total. The van der Waals surface area contributed by atoms with Crippen LogP contribution in [0.1, 0.15) is 47.1 Å². The Bertz CT molecular complexity index is 677. The number of furan rings is 1. The van der Waals surface area contributed by atoms with Crippen LogP contribution in [0.2, 0.25) is 0 Å². The lowest BCUT2D eigenvalue weighted by atomic mass is 10.0. The maximum absolute atomic E-state index is 12.6. The van der Waals surface area contributed by atoms with Crippen LogP contribution in [-0.2, 0) is 0 Å². The van der Waals surface area contributed by atoms with Crippen molar-refractivity contribution in [1.82, 2.24) is 4.90 Å². The van der Waals surface area contributed by atoms with Crippen LogP contribution >= 0.6 is 0 Å². The zero-order chi connectivity index (χ0) is 16.2. The molecule has 0 saturated carbocycles. The molecule has 1 aliphatic rings. The number of carbonyl (C=O) groups is 2. The number of benzene rings is 1. The molecule has 5 heteroatoms. The van der Waals surface area contributed by atoms with Gasteiger partial charge in [0.05, 0.1) is 6.26 Å². The second-order valence-corrected chi connectivity index (χ2v) is 5.85. The first-order valence-electron chi connectivity index (χ1n) is 7.91. The van der Waals surface area contributed by atoms with Gasteiger partial charge < -0.3 is 14.6 Å². The quantitative estimate of drug-likeness (QED) is 0.942. The maximum Gasteiger partial charge on any atom is 0.291 e. The van der Waals surface area contributed by atoms with Gasteiger partial charge in [-0.2, -0.15) is 0 Å². The number of nitrogens with zero attached hydrogens (tertiary/aromatic N) is 1. The van der Waals surface area contributed by atoms with Crippen molar-refractivity contribution in [3.05, 3.63) is 54.0 Å². The molecule has 2 aromatic rings. The van der Waals surface area contributed by atoms with Crippen LogP contribution in [0.4, 0.5) is 5.69 Å². The van der Waals surface area contributed by atoms with E-state index in [1.54, 1.807) is 36.4 Å². The number of carbonyl (C=O) groups excluding carboxylic acids is 2. The summed E-state index contributed by atoms with van der Waals surface area (Å²) in [5, 5.41) is 2.74. The Balaban J connectivity index is 1.67. The van der Waals surface area contributed by atoms with Crippen molar-refractivity contribution >= 4 is 17.5 Å². The Morgan fingerprint density at radius 2 is 1.96 bits per heavy atom. The van der Waals surface area contributed by atoms with E-state index in [9.17, 15) is 9.59 Å². The van der Waals surface area contributed by atoms with Crippen LogP contribution in [0.3, 0.4) is 0 Å². The van der Waals surface area contributed by atoms with Gasteiger partial charge in [0.15, 0.2) is 5.76 Å². The summed E-state index contributed by atoms with van der Waals surface area (Å²) < 4.78 is 5.05. The zero-order valence-electron chi connectivity index (χ0n) is 13.1. The summed E-state index contributed by atoms with van der Waals surface area (Å²) in [6.45, 7) is 2.91. The molecule has 3 rings (SSSR count). The van der Waals surface area contributed by atoms with E-state index in [1.807, 2.05) is 4.90 Å². The molecule has 1 aromatic carbocycles. The number of hydrogen-bond donors (Lipinski definition) is 1. The second-order valence-electron chi connectivity index (χ2n) is 5.85. The van der Waals surface area contributed by atoms with Gasteiger partial charge in [-0.3, -0.25) is 9.59 Å². The highest BCUT2D eigenvalue weighted by molar-refractivity contribution is 6.02. The van der Waals surface area contributed by atoms with Crippen LogP contribution in [-0.4, -0.2) is 29.3 Å². The highest BCUT2D eigenvalue weighted by Gasteiger charge is 2.24. The maximum atomic E-state index is 12.6. The summed E-state index contributed by atoms with van der Waals surface area (Å²) in [4.78, 5) is 26.4. The lowest BCUT2D eigenvalue weighted by Crippen LogP contribution is -2.42. The highest BCUT2D eigenvalue weighted by atomic mass is 16.3. The zero-order valence-corrected chi connectivity index (χ0v) is 13.1. The fourth-order valence-corrected chi connectivity index (χ4v) is 2.86. The average molecular weight is 312 g/mol. The third kappa shape index (κ3) is 3.44. The van der Waals surface area contributed by atoms with Gasteiger partial charge in [0, 0.05) is 23.8 Å². The van der Waals surface area contributed by atoms with Crippen LogP contribution in [0, 0.1) is 0 Å². The summed E-state index contributed by atoms with van der Waals surface area (Å²) in [6, 6.07) is 10.5. The average Bonchev–Trinajstić information content (AvgIpc) is 3.10. The van der Waals surface area contributed by atoms with Crippen molar-refractivity contribution in [2.24, 2.45) is 0 Å². The molecule has 0 unspecified atom stereocenters. The van der Waals surface area contributed by atoms with Gasteiger partial charge in [0.1, 0.15) is 0 Å². The largest absolute Gasteiger partial charge is 0.459 e. The summed E-state index contributed by atoms with van der Waals surface area (Å²) in [7, 11) is 0. The molecule has 120 valence electrons. The Hall–Kier alpha value is -2.56. The number of rotatable bonds is 3. The summed E-state index contributed by atoms with van der Waals surface area (Å²) in [5.41, 5.74) is 1.28. The first-order valence-corrected chi connectivity index (χ1v) is 7.91. The Morgan fingerprint density at radius 3 is 2.61 bits per heavy atom. The Morgan fingerprint density at radius 1 is 1.17 bits per heavy atom. The Kier molecular flexibility index (Phi) is 4.46. The number of likely N-dealkylation sites (tertiary alicyclic amines) is 1. The fourth-order valence-electron chi connectivity index (χ4n) is 2.86. The van der Waals surface area contributed by atoms with Crippen molar-refractivity contribution in [2.75, 3.05) is 11.9 Å². The number of hydrogen-bond acceptors (Lipinski definition) is 3. The molecule has 1 saturated heterocycles. The van der Waals surface area contributed by atoms with Gasteiger partial charge in [0.2, 0.25) is 0 Å². The first-order chi connectivity index (χ1) is 11.1. The molecule has 2 amide bonds. The Labute approximate surface area is 135 Å². The summed E-state index contributed by atoms with van der Waals surface area (Å²) >= 11 is 0. The first kappa shape index (κ1) is 15.3. The molecule has 1 fully saturated rings. The van der Waals surface area contributed by atoms with E-state index in [0.29, 0.717) is 11.3 Å². The van der Waals surface area contributed by atoms with Crippen molar-refractivity contribution in [2.45, 2.75) is 32.2 Å². The van der Waals surface area contributed by atoms with E-state index in [4.69, 9.17) is 4.42 Å². The molecule has 23 heavy (non-hydrogen) atoms. The van der Waals surface area contributed by atoms with E-state index in [1.165, 1.54) is 12.7 Å². The molecule has 1 aromatic heterocycles. The molecule has 0 bridgehead atoms. The molecule has 1 aliphatic heterocycles. The number of piperidine rings is 1. The fraction of sp³-hybridized carbons (Fsp3) is 0.333. The van der Waals surface area contributed by atoms with Crippen molar-refractivity contribution in [3.63, 3.8) is 0 Å². The smallest absolute Gasteiger partial charge is 0.291 e. The molecule has 2 heterocycles. The molecule has 0 aliphatic carbocycles. The van der Waals surface area contributed by atoms with Crippen LogP contribution in [0.25, 0.3) is 0 Å². The minimum absolute atomic E-state index is 0.0566. The molecule has 5 nitrogen and oxygen atoms in total. The minimum atomic E-state index is -0.307. The lowest BCUT2D eigenvalue weighted by Gasteiger charge is -2.33. The number of nitrogens with one attached hydrogen (secondary N) is 1. The molecule has 0 radical (unpaired) electrons. The second kappa shape index (κ2) is 6.69. The van der Waals surface area contributed by atoms with Crippen LogP contribution in [0.5, 0.6) is 0 Å². The standard InChI is InChI=1S/C18H20N2O3/c1-13-5-2-3-11-20(13)18(22)14-7-9-15(10-8-14)19-17(21)16-6-4-12-23-16/h4,6-10,12-13H,2-3,5,11H2,1H3,(H,19,21)/t13-/m1/s1. The number of amides is 2. The topological polar surface area (TPSA) is 62.6 Å². The lowest BCUT2D eigenvalue weighted by molar-refractivity contribution is 0.0635. The van der Waals surface area contributed by atoms with Crippen molar-refractivity contribution in [1.29, 1.82) is 0 Å². The van der Waals surface area contributed by atoms with Gasteiger partial charge >= 0.3 is 0 Å². The van der Waals surface area contributed by atoms with Gasteiger partial charge in [-0.05, 0) is 62.6 Å². The summed E-state index contributed by atoms with van der Waals surface area (Å²) in [6.07, 6.45) is 4.76. The monoisotopic (exact) mass is 312 g/mol. The van der Waals surface area contributed by atoms with Crippen molar-refractivity contribution < 1.29 is 14.0 Å². The molecular weight excluding hydrogens is 292 g/mol. The van der Waals surface area contributed by atoms with E-state index < -0.39 is 0 Å². The third-order valence-corrected chi connectivity index (χ3v) is 4.20. The predicted octanol–water partition coefficient (Wildman–Crippen LogP) is 3.55. The molecule has 0 spiro atoms. The molecule has 1 atom stereocenters. The normalized spacial score (nSPS) is 17.8. The van der Waals surface area contributed by atoms with Crippen LogP contribution in [0.15, 0.2) is 47.1 Å². The van der Waals surface area contributed by atoms with Gasteiger partial charge in [0.25, 0.3) is 11.8 Å². The van der Waals surface area contributed by atoms with E-state index in [2.05, 4.69) is 12.2 Å². The third-order valence-electron chi connectivity index (χ3n) is 4.20. The SMILES string of the molecule is C[C@@H]1CCCCN1C(=O)c1ccc(NC(=O)c2ccco2)cc1. The van der Waals surface area contributed by atoms with E-state index >= 15 is 0 Å². The van der Waals surface area contributed by atoms with Crippen molar-refractivity contribution in [3.8, 4) is 0 Å². The van der Waals surface area contributed by atoms with Crippen LogP contribution < -0.4 is 5.32 Å². The van der Waals surface area contributed by atoms with E-state index in [0.717, 1.165) is 19.4 Å². The van der Waals surface area contributed by atoms with Gasteiger partial charge in [-0.15, -0.1) is 0 Å². The predicted molar refractivity (Wildman–Crippen MR) is 87.5 cm³/mol. The van der Waals surface area contributed by atoms with Gasteiger partial charge in [-0.25, -0.2) is 0 Å². The van der Waals surface area contributed by atoms with E-state index in [-0.39, 0.29) is 23.6 Å². The molecular formula is C18H20N2O3. The van der Waals surface area contributed by atoms with Gasteiger partial charge in [-0.1, -0.05) is 0 Å².